The van der Waals surface area contributed by atoms with Crippen LogP contribution in [-0.2, 0) is 22.4 Å². The van der Waals surface area contributed by atoms with Crippen LogP contribution >= 0.6 is 0 Å². The largest absolute Gasteiger partial charge is 0.357 e. The summed E-state index contributed by atoms with van der Waals surface area (Å²) in [5.74, 6) is -0.173. The summed E-state index contributed by atoms with van der Waals surface area (Å²) in [4.78, 5) is 26.7. The predicted molar refractivity (Wildman–Crippen MR) is 90.4 cm³/mol. The Kier molecular flexibility index (Phi) is 4.15. The topological polar surface area (TPSA) is 49.4 Å². The molecular formula is C19H20N2O2. The number of hydrogen-bond donors (Lipinski definition) is 1. The summed E-state index contributed by atoms with van der Waals surface area (Å²) >= 11 is 0. The van der Waals surface area contributed by atoms with Crippen LogP contribution < -0.4 is 10.2 Å². The van der Waals surface area contributed by atoms with Crippen LogP contribution in [0.4, 0.5) is 5.69 Å². The highest BCUT2D eigenvalue weighted by Gasteiger charge is 2.37. The number of amides is 2. The van der Waals surface area contributed by atoms with E-state index in [0.29, 0.717) is 12.8 Å². The van der Waals surface area contributed by atoms with Gasteiger partial charge in [-0.1, -0.05) is 48.0 Å². The molecule has 0 spiro atoms. The fourth-order valence-corrected chi connectivity index (χ4v) is 3.15. The van der Waals surface area contributed by atoms with Crippen molar-refractivity contribution in [3.05, 3.63) is 65.2 Å². The first-order valence-electron chi connectivity index (χ1n) is 7.77. The number of rotatable bonds is 3. The molecule has 0 aromatic heterocycles. The number of carbonyl (C=O) groups excluding carboxylic acids is 2. The van der Waals surface area contributed by atoms with Crippen molar-refractivity contribution in [2.75, 3.05) is 11.9 Å². The summed E-state index contributed by atoms with van der Waals surface area (Å²) in [5, 5.41) is 2.67. The van der Waals surface area contributed by atoms with Crippen molar-refractivity contribution in [2.24, 2.45) is 0 Å². The molecule has 1 heterocycles. The Hall–Kier alpha value is -2.62. The quantitative estimate of drug-likeness (QED) is 0.945. The molecule has 23 heavy (non-hydrogen) atoms. The van der Waals surface area contributed by atoms with E-state index in [1.807, 2.05) is 55.5 Å². The van der Waals surface area contributed by atoms with Crippen molar-refractivity contribution < 1.29 is 9.59 Å². The van der Waals surface area contributed by atoms with Crippen molar-refractivity contribution in [1.29, 1.82) is 0 Å². The number of likely N-dealkylation sites (N-methyl/N-ethyl adjacent to an activating group) is 1. The lowest BCUT2D eigenvalue weighted by Gasteiger charge is -2.24. The number of nitrogens with one attached hydrogen (secondary N) is 1. The van der Waals surface area contributed by atoms with Gasteiger partial charge in [0.05, 0.1) is 6.42 Å². The van der Waals surface area contributed by atoms with Crippen LogP contribution in [0.2, 0.25) is 0 Å². The van der Waals surface area contributed by atoms with Crippen LogP contribution in [-0.4, -0.2) is 24.9 Å². The maximum atomic E-state index is 12.9. The number of aryl methyl sites for hydroxylation is 1. The highest BCUT2D eigenvalue weighted by atomic mass is 16.2. The highest BCUT2D eigenvalue weighted by Crippen LogP contribution is 2.32. The van der Waals surface area contributed by atoms with E-state index in [1.165, 1.54) is 0 Å². The Balaban J connectivity index is 1.90. The van der Waals surface area contributed by atoms with Gasteiger partial charge in [0.2, 0.25) is 11.8 Å². The Morgan fingerprint density at radius 1 is 1.17 bits per heavy atom. The zero-order chi connectivity index (χ0) is 16.4. The summed E-state index contributed by atoms with van der Waals surface area (Å²) < 4.78 is 0. The van der Waals surface area contributed by atoms with Crippen LogP contribution in [0.25, 0.3) is 0 Å². The van der Waals surface area contributed by atoms with Gasteiger partial charge in [0.15, 0.2) is 0 Å². The SMILES string of the molecule is CNC(=O)C1Cc2ccccc2N1C(=O)Cc1cccc(C)c1. The fourth-order valence-electron chi connectivity index (χ4n) is 3.15. The Morgan fingerprint density at radius 3 is 2.70 bits per heavy atom. The number of para-hydroxylation sites is 1. The first kappa shape index (κ1) is 15.3. The van der Waals surface area contributed by atoms with Gasteiger partial charge in [0.25, 0.3) is 0 Å². The average molecular weight is 308 g/mol. The second-order valence-corrected chi connectivity index (χ2v) is 5.89. The number of fused-ring (bicyclic) bond motifs is 1. The lowest BCUT2D eigenvalue weighted by atomic mass is 10.1. The average Bonchev–Trinajstić information content (AvgIpc) is 2.93. The Bertz CT molecular complexity index is 755. The second-order valence-electron chi connectivity index (χ2n) is 5.89. The lowest BCUT2D eigenvalue weighted by molar-refractivity contribution is -0.125. The van der Waals surface area contributed by atoms with Crippen molar-refractivity contribution in [2.45, 2.75) is 25.8 Å². The first-order valence-corrected chi connectivity index (χ1v) is 7.77. The minimum Gasteiger partial charge on any atom is -0.357 e. The molecule has 118 valence electrons. The van der Waals surface area contributed by atoms with Crippen molar-refractivity contribution in [3.8, 4) is 0 Å². The van der Waals surface area contributed by atoms with Gasteiger partial charge in [0, 0.05) is 19.2 Å². The molecule has 2 amide bonds. The van der Waals surface area contributed by atoms with E-state index in [0.717, 1.165) is 22.4 Å². The van der Waals surface area contributed by atoms with Crippen LogP contribution in [0.5, 0.6) is 0 Å². The molecule has 4 heteroatoms. The molecule has 4 nitrogen and oxygen atoms in total. The molecule has 3 rings (SSSR count). The van der Waals surface area contributed by atoms with Gasteiger partial charge in [-0.25, -0.2) is 0 Å². The molecule has 0 aliphatic carbocycles. The molecule has 2 aromatic rings. The Labute approximate surface area is 136 Å². The van der Waals surface area contributed by atoms with Gasteiger partial charge >= 0.3 is 0 Å². The molecule has 0 fully saturated rings. The minimum absolute atomic E-state index is 0.0471. The van der Waals surface area contributed by atoms with E-state index >= 15 is 0 Å². The standard InChI is InChI=1S/C19H20N2O2/c1-13-6-5-7-14(10-13)11-18(22)21-16-9-4-3-8-15(16)12-17(21)19(23)20-2/h3-10,17H,11-12H2,1-2H3,(H,20,23). The van der Waals surface area contributed by atoms with Crippen LogP contribution in [0.1, 0.15) is 16.7 Å². The second kappa shape index (κ2) is 6.24. The monoisotopic (exact) mass is 308 g/mol. The molecule has 1 N–H and O–H groups in total. The molecule has 0 saturated heterocycles. The van der Waals surface area contributed by atoms with E-state index in [1.54, 1.807) is 11.9 Å². The molecule has 0 radical (unpaired) electrons. The number of anilines is 1. The van der Waals surface area contributed by atoms with Crippen LogP contribution in [0, 0.1) is 6.92 Å². The molecular weight excluding hydrogens is 288 g/mol. The molecule has 1 aliphatic rings. The van der Waals surface area contributed by atoms with E-state index < -0.39 is 6.04 Å². The molecule has 0 saturated carbocycles. The summed E-state index contributed by atoms with van der Waals surface area (Å²) in [6.07, 6.45) is 0.860. The van der Waals surface area contributed by atoms with Gasteiger partial charge in [-0.2, -0.15) is 0 Å². The summed E-state index contributed by atoms with van der Waals surface area (Å²) in [6.45, 7) is 2.01. The minimum atomic E-state index is -0.463. The molecule has 1 aliphatic heterocycles. The highest BCUT2D eigenvalue weighted by molar-refractivity contribution is 6.04. The van der Waals surface area contributed by atoms with Crippen molar-refractivity contribution >= 4 is 17.5 Å². The van der Waals surface area contributed by atoms with E-state index in [-0.39, 0.29) is 11.8 Å². The zero-order valence-corrected chi connectivity index (χ0v) is 13.4. The third kappa shape index (κ3) is 2.97. The van der Waals surface area contributed by atoms with E-state index in [9.17, 15) is 9.59 Å². The van der Waals surface area contributed by atoms with Crippen molar-refractivity contribution in [1.82, 2.24) is 5.32 Å². The van der Waals surface area contributed by atoms with Gasteiger partial charge < -0.3 is 5.32 Å². The maximum absolute atomic E-state index is 12.9. The third-order valence-corrected chi connectivity index (χ3v) is 4.23. The number of nitrogens with zero attached hydrogens (tertiary/aromatic N) is 1. The number of benzene rings is 2. The summed E-state index contributed by atoms with van der Waals surface area (Å²) in [7, 11) is 1.61. The van der Waals surface area contributed by atoms with Crippen LogP contribution in [0.3, 0.4) is 0 Å². The fraction of sp³-hybridized carbons (Fsp3) is 0.263. The van der Waals surface area contributed by atoms with Gasteiger partial charge in [-0.15, -0.1) is 0 Å². The van der Waals surface area contributed by atoms with Crippen molar-refractivity contribution in [3.63, 3.8) is 0 Å². The number of carbonyl (C=O) groups is 2. The van der Waals surface area contributed by atoms with Gasteiger partial charge in [-0.3, -0.25) is 14.5 Å². The molecule has 2 aromatic carbocycles. The molecule has 0 bridgehead atoms. The van der Waals surface area contributed by atoms with Gasteiger partial charge in [0.1, 0.15) is 6.04 Å². The predicted octanol–water partition coefficient (Wildman–Crippen LogP) is 2.24. The summed E-state index contributed by atoms with van der Waals surface area (Å²) in [5.41, 5.74) is 3.98. The van der Waals surface area contributed by atoms with Crippen LogP contribution in [0.15, 0.2) is 48.5 Å². The van der Waals surface area contributed by atoms with E-state index in [4.69, 9.17) is 0 Å². The lowest BCUT2D eigenvalue weighted by Crippen LogP contribution is -2.47. The molecule has 1 atom stereocenters. The summed E-state index contributed by atoms with van der Waals surface area (Å²) in [6, 6.07) is 15.2. The smallest absolute Gasteiger partial charge is 0.243 e. The van der Waals surface area contributed by atoms with E-state index in [2.05, 4.69) is 5.32 Å². The Morgan fingerprint density at radius 2 is 1.96 bits per heavy atom. The molecule has 1 unspecified atom stereocenters. The normalized spacial score (nSPS) is 16.1. The number of hydrogen-bond acceptors (Lipinski definition) is 2. The third-order valence-electron chi connectivity index (χ3n) is 4.23. The van der Waals surface area contributed by atoms with Gasteiger partial charge in [-0.05, 0) is 24.1 Å². The maximum Gasteiger partial charge on any atom is 0.243 e. The first-order chi connectivity index (χ1) is 11.1. The zero-order valence-electron chi connectivity index (χ0n) is 13.4.